The lowest BCUT2D eigenvalue weighted by Crippen LogP contribution is -2.44. The van der Waals surface area contributed by atoms with Crippen LogP contribution in [0, 0.1) is 0 Å². The van der Waals surface area contributed by atoms with Crippen LogP contribution in [-0.4, -0.2) is 50.8 Å². The predicted molar refractivity (Wildman–Crippen MR) is 91.6 cm³/mol. The number of morpholine rings is 1. The number of amides is 1. The fourth-order valence-corrected chi connectivity index (χ4v) is 2.74. The van der Waals surface area contributed by atoms with E-state index in [1.807, 2.05) is 25.2 Å². The zero-order valence-corrected chi connectivity index (χ0v) is 15.2. The molecule has 1 aliphatic heterocycles. The topological polar surface area (TPSA) is 50.8 Å². The molecular weight excluding hydrogens is 372 g/mol. The lowest BCUT2D eigenvalue weighted by Gasteiger charge is -2.26. The third-order valence-corrected chi connectivity index (χ3v) is 3.99. The van der Waals surface area contributed by atoms with E-state index in [1.54, 1.807) is 12.0 Å². The first-order valence-corrected chi connectivity index (χ1v) is 7.77. The number of hydrogen-bond acceptors (Lipinski definition) is 4. The molecule has 5 nitrogen and oxygen atoms in total. The fourth-order valence-electron chi connectivity index (χ4n) is 2.33. The Balaban J connectivity index is 0.00000242. The van der Waals surface area contributed by atoms with E-state index in [0.717, 1.165) is 28.9 Å². The molecule has 0 bridgehead atoms. The first-order chi connectivity index (χ1) is 10.1. The van der Waals surface area contributed by atoms with Crippen LogP contribution in [0.4, 0.5) is 0 Å². The largest absolute Gasteiger partial charge is 0.496 e. The highest BCUT2D eigenvalue weighted by Gasteiger charge is 2.20. The number of methoxy groups -OCH3 is 1. The number of halogens is 2. The summed E-state index contributed by atoms with van der Waals surface area (Å²) in [5.74, 6) is 0.886. The molecule has 0 saturated carbocycles. The smallest absolute Gasteiger partial charge is 0.224 e. The van der Waals surface area contributed by atoms with Gasteiger partial charge in [0.2, 0.25) is 5.91 Å². The van der Waals surface area contributed by atoms with Crippen molar-refractivity contribution in [2.24, 2.45) is 0 Å². The number of carbonyl (C=O) groups excluding carboxylic acids is 1. The standard InChI is InChI=1S/C15H21BrN2O3.ClH/c1-18(15(19)8-13-10-21-6-5-17-13)9-11-7-12(16)3-4-14(11)20-2;/h3-4,7,13,17H,5-6,8-10H2,1-2H3;1H. The summed E-state index contributed by atoms with van der Waals surface area (Å²) in [5.41, 5.74) is 0.982. The second-order valence-corrected chi connectivity index (χ2v) is 6.05. The summed E-state index contributed by atoms with van der Waals surface area (Å²) in [5, 5.41) is 3.30. The Morgan fingerprint density at radius 2 is 2.32 bits per heavy atom. The van der Waals surface area contributed by atoms with Crippen LogP contribution in [0.2, 0.25) is 0 Å². The molecule has 1 unspecified atom stereocenters. The Hall–Kier alpha value is -0.820. The average molecular weight is 394 g/mol. The van der Waals surface area contributed by atoms with E-state index in [9.17, 15) is 4.79 Å². The third-order valence-electron chi connectivity index (χ3n) is 3.50. The second-order valence-electron chi connectivity index (χ2n) is 5.14. The maximum absolute atomic E-state index is 12.3. The summed E-state index contributed by atoms with van der Waals surface area (Å²) in [6.45, 7) is 2.64. The van der Waals surface area contributed by atoms with Crippen molar-refractivity contribution in [3.05, 3.63) is 28.2 Å². The monoisotopic (exact) mass is 392 g/mol. The Bertz CT molecular complexity index is 496. The molecule has 1 atom stereocenters. The van der Waals surface area contributed by atoms with E-state index >= 15 is 0 Å². The van der Waals surface area contributed by atoms with Crippen molar-refractivity contribution in [2.75, 3.05) is 33.9 Å². The lowest BCUT2D eigenvalue weighted by molar-refractivity contribution is -0.131. The lowest BCUT2D eigenvalue weighted by atomic mass is 10.1. The van der Waals surface area contributed by atoms with E-state index < -0.39 is 0 Å². The number of benzene rings is 1. The summed E-state index contributed by atoms with van der Waals surface area (Å²) < 4.78 is 11.7. The molecule has 1 saturated heterocycles. The van der Waals surface area contributed by atoms with Gasteiger partial charge in [-0.3, -0.25) is 4.79 Å². The molecule has 7 heteroatoms. The van der Waals surface area contributed by atoms with Crippen molar-refractivity contribution in [3.8, 4) is 5.75 Å². The van der Waals surface area contributed by atoms with E-state index in [0.29, 0.717) is 19.6 Å². The molecule has 0 aliphatic carbocycles. The maximum Gasteiger partial charge on any atom is 0.224 e. The Morgan fingerprint density at radius 1 is 1.55 bits per heavy atom. The van der Waals surface area contributed by atoms with Gasteiger partial charge in [0.1, 0.15) is 5.75 Å². The van der Waals surface area contributed by atoms with Gasteiger partial charge >= 0.3 is 0 Å². The highest BCUT2D eigenvalue weighted by atomic mass is 79.9. The van der Waals surface area contributed by atoms with Gasteiger partial charge in [0.15, 0.2) is 0 Å². The van der Waals surface area contributed by atoms with Crippen molar-refractivity contribution in [3.63, 3.8) is 0 Å². The van der Waals surface area contributed by atoms with E-state index in [4.69, 9.17) is 9.47 Å². The van der Waals surface area contributed by atoms with Crippen LogP contribution in [0.5, 0.6) is 5.75 Å². The quantitative estimate of drug-likeness (QED) is 0.833. The van der Waals surface area contributed by atoms with E-state index in [-0.39, 0.29) is 24.4 Å². The predicted octanol–water partition coefficient (Wildman–Crippen LogP) is 2.22. The van der Waals surface area contributed by atoms with Gasteiger partial charge in [-0.2, -0.15) is 0 Å². The highest BCUT2D eigenvalue weighted by molar-refractivity contribution is 9.10. The van der Waals surface area contributed by atoms with Crippen LogP contribution in [0.1, 0.15) is 12.0 Å². The SMILES string of the molecule is COc1ccc(Br)cc1CN(C)C(=O)CC1COCCN1.Cl. The zero-order valence-electron chi connectivity index (χ0n) is 12.8. The number of hydrogen-bond donors (Lipinski definition) is 1. The zero-order chi connectivity index (χ0) is 15.2. The minimum atomic E-state index is 0. The van der Waals surface area contributed by atoms with Crippen molar-refractivity contribution < 1.29 is 14.3 Å². The molecule has 0 radical (unpaired) electrons. The Morgan fingerprint density at radius 3 is 2.95 bits per heavy atom. The highest BCUT2D eigenvalue weighted by Crippen LogP contribution is 2.24. The molecule has 0 aromatic heterocycles. The van der Waals surface area contributed by atoms with Gasteiger partial charge in [0.25, 0.3) is 0 Å². The summed E-state index contributed by atoms with van der Waals surface area (Å²) in [6, 6.07) is 5.91. The molecule has 1 N–H and O–H groups in total. The van der Waals surface area contributed by atoms with Crippen LogP contribution in [0.25, 0.3) is 0 Å². The Labute approximate surface area is 145 Å². The molecule has 2 rings (SSSR count). The first-order valence-electron chi connectivity index (χ1n) is 6.97. The normalized spacial score (nSPS) is 17.5. The molecular formula is C15H22BrClN2O3. The fraction of sp³-hybridized carbons (Fsp3) is 0.533. The molecule has 1 aromatic rings. The number of rotatable bonds is 5. The maximum atomic E-state index is 12.3. The van der Waals surface area contributed by atoms with Gasteiger partial charge in [-0.25, -0.2) is 0 Å². The molecule has 0 spiro atoms. The van der Waals surface area contributed by atoms with Crippen molar-refractivity contribution >= 4 is 34.2 Å². The molecule has 1 aromatic carbocycles. The molecule has 1 aliphatic rings. The molecule has 1 fully saturated rings. The van der Waals surface area contributed by atoms with E-state index in [2.05, 4.69) is 21.2 Å². The summed E-state index contributed by atoms with van der Waals surface area (Å²) in [6.07, 6.45) is 0.451. The number of carbonyl (C=O) groups is 1. The van der Waals surface area contributed by atoms with Gasteiger partial charge in [0, 0.05) is 42.6 Å². The van der Waals surface area contributed by atoms with Gasteiger partial charge in [-0.05, 0) is 18.2 Å². The second kappa shape index (κ2) is 9.35. The molecule has 1 amide bonds. The molecule has 1 heterocycles. The minimum absolute atomic E-state index is 0. The summed E-state index contributed by atoms with van der Waals surface area (Å²) in [7, 11) is 3.45. The van der Waals surface area contributed by atoms with Crippen molar-refractivity contribution in [2.45, 2.75) is 19.0 Å². The number of nitrogens with zero attached hydrogens (tertiary/aromatic N) is 1. The van der Waals surface area contributed by atoms with Crippen LogP contribution < -0.4 is 10.1 Å². The first kappa shape index (κ1) is 19.2. The Kier molecular flexibility index (Phi) is 8.17. The molecule has 22 heavy (non-hydrogen) atoms. The van der Waals surface area contributed by atoms with E-state index in [1.165, 1.54) is 0 Å². The average Bonchev–Trinajstić information content (AvgIpc) is 2.48. The van der Waals surface area contributed by atoms with Crippen LogP contribution in [0.15, 0.2) is 22.7 Å². The van der Waals surface area contributed by atoms with Gasteiger partial charge in [0.05, 0.1) is 20.3 Å². The van der Waals surface area contributed by atoms with Crippen LogP contribution >= 0.6 is 28.3 Å². The number of nitrogens with one attached hydrogen (secondary N) is 1. The summed E-state index contributed by atoms with van der Waals surface area (Å²) in [4.78, 5) is 14.0. The van der Waals surface area contributed by atoms with Gasteiger partial charge in [-0.15, -0.1) is 12.4 Å². The van der Waals surface area contributed by atoms with Gasteiger partial charge < -0.3 is 19.7 Å². The summed E-state index contributed by atoms with van der Waals surface area (Å²) >= 11 is 3.45. The van der Waals surface area contributed by atoms with Gasteiger partial charge in [-0.1, -0.05) is 15.9 Å². The van der Waals surface area contributed by atoms with Crippen molar-refractivity contribution in [1.29, 1.82) is 0 Å². The van der Waals surface area contributed by atoms with Crippen molar-refractivity contribution in [1.82, 2.24) is 10.2 Å². The molecule has 124 valence electrons. The third kappa shape index (κ3) is 5.43. The van der Waals surface area contributed by atoms with Crippen LogP contribution in [0.3, 0.4) is 0 Å². The number of ether oxygens (including phenoxy) is 2. The van der Waals surface area contributed by atoms with Crippen LogP contribution in [-0.2, 0) is 16.1 Å². The minimum Gasteiger partial charge on any atom is -0.496 e.